The van der Waals surface area contributed by atoms with E-state index in [4.69, 9.17) is 0 Å². The van der Waals surface area contributed by atoms with Gasteiger partial charge >= 0.3 is 0 Å². The number of hydrogen-bond acceptors (Lipinski definition) is 1. The maximum atomic E-state index is 3.85. The second kappa shape index (κ2) is 5.97. The first-order valence-electron chi connectivity index (χ1n) is 7.74. The zero-order valence-electron chi connectivity index (χ0n) is 11.7. The maximum Gasteiger partial charge on any atom is 0.0294 e. The first kappa shape index (κ1) is 13.6. The molecule has 1 aromatic carbocycles. The molecule has 0 bridgehead atoms. The minimum Gasteiger partial charge on any atom is -0.307 e. The molecule has 0 aromatic heterocycles. The topological polar surface area (TPSA) is 12.0 Å². The molecule has 0 spiro atoms. The summed E-state index contributed by atoms with van der Waals surface area (Å²) in [6, 6.07) is 9.88. The van der Waals surface area contributed by atoms with Gasteiger partial charge in [0.1, 0.15) is 0 Å². The van der Waals surface area contributed by atoms with Crippen LogP contribution in [0.1, 0.15) is 57.1 Å². The summed E-state index contributed by atoms with van der Waals surface area (Å²) < 4.78 is 1.18. The van der Waals surface area contributed by atoms with Crippen LogP contribution < -0.4 is 5.32 Å². The number of benzene rings is 1. The Hall–Kier alpha value is -0.340. The minimum atomic E-state index is 0.459. The molecule has 0 amide bonds. The third-order valence-corrected chi connectivity index (χ3v) is 5.33. The van der Waals surface area contributed by atoms with E-state index >= 15 is 0 Å². The molecule has 3 atom stereocenters. The smallest absolute Gasteiger partial charge is 0.0294 e. The molecule has 2 aliphatic carbocycles. The molecule has 1 nitrogen and oxygen atoms in total. The van der Waals surface area contributed by atoms with Crippen molar-refractivity contribution in [3.63, 3.8) is 0 Å². The Morgan fingerprint density at radius 3 is 2.74 bits per heavy atom. The number of nitrogens with one attached hydrogen (secondary N) is 1. The van der Waals surface area contributed by atoms with Crippen molar-refractivity contribution < 1.29 is 0 Å². The van der Waals surface area contributed by atoms with Crippen molar-refractivity contribution in [3.05, 3.63) is 34.3 Å². The maximum absolute atomic E-state index is 3.85. The molecule has 1 aromatic rings. The lowest BCUT2D eigenvalue weighted by Gasteiger charge is -2.32. The molecule has 104 valence electrons. The van der Waals surface area contributed by atoms with E-state index in [1.54, 1.807) is 0 Å². The molecule has 2 saturated carbocycles. The third kappa shape index (κ3) is 3.61. The van der Waals surface area contributed by atoms with Gasteiger partial charge in [-0.15, -0.1) is 0 Å². The van der Waals surface area contributed by atoms with Gasteiger partial charge in [-0.05, 0) is 62.1 Å². The average molecular weight is 322 g/mol. The van der Waals surface area contributed by atoms with Crippen molar-refractivity contribution in [2.24, 2.45) is 11.8 Å². The van der Waals surface area contributed by atoms with Gasteiger partial charge in [-0.2, -0.15) is 0 Å². The molecule has 2 heteroatoms. The zero-order valence-corrected chi connectivity index (χ0v) is 13.3. The van der Waals surface area contributed by atoms with E-state index < -0.39 is 0 Å². The monoisotopic (exact) mass is 321 g/mol. The summed E-state index contributed by atoms with van der Waals surface area (Å²) >= 11 is 3.56. The van der Waals surface area contributed by atoms with Crippen LogP contribution in [0.15, 0.2) is 28.7 Å². The van der Waals surface area contributed by atoms with Crippen LogP contribution in [0.5, 0.6) is 0 Å². The van der Waals surface area contributed by atoms with Gasteiger partial charge in [-0.3, -0.25) is 0 Å². The summed E-state index contributed by atoms with van der Waals surface area (Å²) in [5, 5.41) is 3.85. The Kier molecular flexibility index (Phi) is 4.28. The van der Waals surface area contributed by atoms with Crippen LogP contribution in [-0.2, 0) is 0 Å². The predicted molar refractivity (Wildman–Crippen MR) is 84.2 cm³/mol. The molecular weight excluding hydrogens is 298 g/mol. The Morgan fingerprint density at radius 1 is 1.16 bits per heavy atom. The Bertz CT molecular complexity index is 427. The molecule has 0 saturated heterocycles. The fourth-order valence-electron chi connectivity index (χ4n) is 3.60. The molecule has 0 radical (unpaired) electrons. The van der Waals surface area contributed by atoms with E-state index in [2.05, 4.69) is 52.4 Å². The van der Waals surface area contributed by atoms with Gasteiger partial charge in [0.25, 0.3) is 0 Å². The largest absolute Gasteiger partial charge is 0.307 e. The predicted octanol–water partition coefficient (Wildman–Crippen LogP) is 5.07. The highest BCUT2D eigenvalue weighted by atomic mass is 79.9. The van der Waals surface area contributed by atoms with Gasteiger partial charge in [0.2, 0.25) is 0 Å². The lowest BCUT2D eigenvalue weighted by molar-refractivity contribution is 0.249. The van der Waals surface area contributed by atoms with Crippen LogP contribution in [0.3, 0.4) is 0 Å². The molecule has 0 aliphatic heterocycles. The summed E-state index contributed by atoms with van der Waals surface area (Å²) in [6.45, 7) is 2.29. The van der Waals surface area contributed by atoms with E-state index in [9.17, 15) is 0 Å². The second-order valence-electron chi connectivity index (χ2n) is 6.40. The van der Waals surface area contributed by atoms with Crippen LogP contribution >= 0.6 is 15.9 Å². The molecule has 2 aliphatic rings. The molecule has 19 heavy (non-hydrogen) atoms. The highest BCUT2D eigenvalue weighted by Crippen LogP contribution is 2.44. The summed E-state index contributed by atoms with van der Waals surface area (Å²) in [7, 11) is 0. The number of rotatable bonds is 4. The highest BCUT2D eigenvalue weighted by molar-refractivity contribution is 9.10. The van der Waals surface area contributed by atoms with E-state index in [1.807, 2.05) is 0 Å². The summed E-state index contributed by atoms with van der Waals surface area (Å²) in [6.07, 6.45) is 8.67. The molecular formula is C17H24BrN. The summed E-state index contributed by atoms with van der Waals surface area (Å²) in [4.78, 5) is 0. The zero-order chi connectivity index (χ0) is 13.2. The summed E-state index contributed by atoms with van der Waals surface area (Å²) in [5.74, 6) is 2.09. The van der Waals surface area contributed by atoms with Crippen molar-refractivity contribution in [1.82, 2.24) is 5.32 Å². The Morgan fingerprint density at radius 2 is 2.00 bits per heavy atom. The quantitative estimate of drug-likeness (QED) is 0.816. The lowest BCUT2D eigenvalue weighted by atomic mass is 9.82. The van der Waals surface area contributed by atoms with Crippen LogP contribution in [0.2, 0.25) is 0 Å². The van der Waals surface area contributed by atoms with Crippen molar-refractivity contribution in [1.29, 1.82) is 0 Å². The van der Waals surface area contributed by atoms with Crippen molar-refractivity contribution in [2.45, 2.75) is 57.5 Å². The van der Waals surface area contributed by atoms with Crippen molar-refractivity contribution >= 4 is 15.9 Å². The van der Waals surface area contributed by atoms with E-state index in [1.165, 1.54) is 48.6 Å². The highest BCUT2D eigenvalue weighted by Gasteiger charge is 2.34. The first-order valence-corrected chi connectivity index (χ1v) is 8.53. The molecule has 3 rings (SSSR count). The molecule has 1 N–H and O–H groups in total. The molecule has 2 unspecified atom stereocenters. The number of halogens is 1. The normalized spacial score (nSPS) is 29.2. The fourth-order valence-corrected chi connectivity index (χ4v) is 4.02. The SMILES string of the molecule is C[C@H](NC1CCCC(C2CC2)C1)c1cccc(Br)c1. The first-order chi connectivity index (χ1) is 9.22. The standard InChI is InChI=1S/C17H24BrN/c1-12(14-4-2-6-16(18)10-14)19-17-7-3-5-15(11-17)13-8-9-13/h2,4,6,10,12-13,15,17,19H,3,5,7-9,11H2,1H3/t12-,15?,17?/m0/s1. The van der Waals surface area contributed by atoms with Gasteiger partial charge in [0.05, 0.1) is 0 Å². The molecule has 0 heterocycles. The van der Waals surface area contributed by atoms with Crippen LogP contribution in [0.4, 0.5) is 0 Å². The average Bonchev–Trinajstić information content (AvgIpc) is 3.23. The van der Waals surface area contributed by atoms with Crippen LogP contribution in [-0.4, -0.2) is 6.04 Å². The van der Waals surface area contributed by atoms with E-state index in [-0.39, 0.29) is 0 Å². The van der Waals surface area contributed by atoms with Crippen LogP contribution in [0, 0.1) is 11.8 Å². The van der Waals surface area contributed by atoms with Crippen molar-refractivity contribution in [2.75, 3.05) is 0 Å². The second-order valence-corrected chi connectivity index (χ2v) is 7.32. The van der Waals surface area contributed by atoms with Gasteiger partial charge in [-0.25, -0.2) is 0 Å². The third-order valence-electron chi connectivity index (χ3n) is 4.84. The number of hydrogen-bond donors (Lipinski definition) is 1. The summed E-state index contributed by atoms with van der Waals surface area (Å²) in [5.41, 5.74) is 1.39. The van der Waals surface area contributed by atoms with Gasteiger partial charge < -0.3 is 5.32 Å². The van der Waals surface area contributed by atoms with E-state index in [0.717, 1.165) is 17.9 Å². The lowest BCUT2D eigenvalue weighted by Crippen LogP contribution is -2.36. The fraction of sp³-hybridized carbons (Fsp3) is 0.647. The van der Waals surface area contributed by atoms with Gasteiger partial charge in [0, 0.05) is 16.6 Å². The van der Waals surface area contributed by atoms with Crippen LogP contribution in [0.25, 0.3) is 0 Å². The van der Waals surface area contributed by atoms with Gasteiger partial charge in [-0.1, -0.05) is 40.9 Å². The van der Waals surface area contributed by atoms with E-state index in [0.29, 0.717) is 6.04 Å². The van der Waals surface area contributed by atoms with Crippen molar-refractivity contribution in [3.8, 4) is 0 Å². The van der Waals surface area contributed by atoms with Gasteiger partial charge in [0.15, 0.2) is 0 Å². The Labute approximate surface area is 125 Å². The Balaban J connectivity index is 1.57. The minimum absolute atomic E-state index is 0.459. The molecule has 2 fully saturated rings.